The molecule has 2 fully saturated rings. The lowest BCUT2D eigenvalue weighted by atomic mass is 10.2. The van der Waals surface area contributed by atoms with Gasteiger partial charge in [-0.15, -0.1) is 0 Å². The predicted molar refractivity (Wildman–Crippen MR) is 118 cm³/mol. The first-order valence-electron chi connectivity index (χ1n) is 10.6. The fourth-order valence-electron chi connectivity index (χ4n) is 3.51. The Kier molecular flexibility index (Phi) is 5.98. The van der Waals surface area contributed by atoms with Crippen LogP contribution in [0, 0.1) is 0 Å². The molecule has 172 valence electrons. The first-order valence-corrected chi connectivity index (χ1v) is 12.5. The Hall–Kier alpha value is -2.88. The van der Waals surface area contributed by atoms with Crippen molar-refractivity contribution in [1.29, 1.82) is 0 Å². The Balaban J connectivity index is 1.30. The second-order valence-corrected chi connectivity index (χ2v) is 10.7. The highest BCUT2D eigenvalue weighted by atomic mass is 32.2. The van der Waals surface area contributed by atoms with Gasteiger partial charge in [0.1, 0.15) is 12.2 Å². The smallest absolute Gasteiger partial charge is 0.410 e. The lowest BCUT2D eigenvalue weighted by Gasteiger charge is -2.39. The minimum absolute atomic E-state index is 0.0587. The molecular weight excluding hydrogens is 432 g/mol. The van der Waals surface area contributed by atoms with Crippen molar-refractivity contribution in [3.8, 4) is 5.75 Å². The summed E-state index contributed by atoms with van der Waals surface area (Å²) >= 11 is 0. The van der Waals surface area contributed by atoms with Crippen LogP contribution >= 0.6 is 0 Å². The van der Waals surface area contributed by atoms with Crippen LogP contribution in [0.4, 0.5) is 10.7 Å². The fourth-order valence-corrected chi connectivity index (χ4v) is 4.14. The second kappa shape index (κ2) is 8.57. The maximum atomic E-state index is 12.4. The molecular formula is C22H28N4O5S. The number of benzene rings is 1. The molecule has 1 atom stereocenters. The summed E-state index contributed by atoms with van der Waals surface area (Å²) in [5.74, 6) is 1.11. The van der Waals surface area contributed by atoms with Gasteiger partial charge in [-0.05, 0) is 44.4 Å². The van der Waals surface area contributed by atoms with E-state index in [0.29, 0.717) is 31.3 Å². The van der Waals surface area contributed by atoms with Crippen molar-refractivity contribution in [1.82, 2.24) is 14.9 Å². The first-order chi connectivity index (χ1) is 15.1. The Bertz CT molecular complexity index is 1070. The van der Waals surface area contributed by atoms with Gasteiger partial charge in [-0.25, -0.2) is 23.2 Å². The van der Waals surface area contributed by atoms with E-state index in [1.807, 2.05) is 13.8 Å². The number of hydrogen-bond acceptors (Lipinski definition) is 8. The van der Waals surface area contributed by atoms with Gasteiger partial charge >= 0.3 is 6.09 Å². The monoisotopic (exact) mass is 460 g/mol. The normalized spacial score (nSPS) is 20.0. The summed E-state index contributed by atoms with van der Waals surface area (Å²) in [6.07, 6.45) is 6.04. The topological polar surface area (TPSA) is 102 Å². The van der Waals surface area contributed by atoms with Crippen LogP contribution < -0.4 is 9.64 Å². The van der Waals surface area contributed by atoms with Gasteiger partial charge in [-0.3, -0.25) is 0 Å². The van der Waals surface area contributed by atoms with Gasteiger partial charge in [0.05, 0.1) is 17.3 Å². The van der Waals surface area contributed by atoms with Gasteiger partial charge < -0.3 is 19.3 Å². The zero-order chi connectivity index (χ0) is 22.9. The maximum Gasteiger partial charge on any atom is 0.410 e. The number of carbonyl (C=O) groups is 1. The maximum absolute atomic E-state index is 12.4. The molecule has 0 unspecified atom stereocenters. The van der Waals surface area contributed by atoms with Crippen LogP contribution in [-0.4, -0.2) is 66.9 Å². The molecule has 0 radical (unpaired) electrons. The van der Waals surface area contributed by atoms with Gasteiger partial charge in [0, 0.05) is 31.9 Å². The number of nitrogens with zero attached hydrogens (tertiary/aromatic N) is 4. The van der Waals surface area contributed by atoms with Gasteiger partial charge in [0.15, 0.2) is 15.6 Å². The summed E-state index contributed by atoms with van der Waals surface area (Å²) < 4.78 is 34.4. The molecule has 1 aromatic heterocycles. The summed E-state index contributed by atoms with van der Waals surface area (Å²) in [4.78, 5) is 25.3. The Labute approximate surface area is 188 Å². The standard InChI is InChI=1S/C22H28N4O5S/c1-16-14-25(21(27)31-22(2)8-9-22)10-11-26(16)20-23-12-18(13-24-20)30-15-17-4-6-19(7-5-17)32(3,28)29/h4-7,12-13,16H,8-11,14-15H2,1-3H3/t16-/m1/s1. The van der Waals surface area contributed by atoms with E-state index in [1.165, 1.54) is 6.26 Å². The highest BCUT2D eigenvalue weighted by Crippen LogP contribution is 2.39. The molecule has 2 aliphatic rings. The zero-order valence-electron chi connectivity index (χ0n) is 18.5. The SMILES string of the molecule is C[C@@H]1CN(C(=O)OC2(C)CC2)CCN1c1ncc(OCc2ccc(S(C)(=O)=O)cc2)cn1. The van der Waals surface area contributed by atoms with E-state index in [2.05, 4.69) is 14.9 Å². The van der Waals surface area contributed by atoms with Crippen molar-refractivity contribution in [2.24, 2.45) is 0 Å². The van der Waals surface area contributed by atoms with Crippen molar-refractivity contribution >= 4 is 21.9 Å². The first kappa shape index (κ1) is 22.3. The second-order valence-electron chi connectivity index (χ2n) is 8.73. The van der Waals surface area contributed by atoms with E-state index in [4.69, 9.17) is 9.47 Å². The van der Waals surface area contributed by atoms with Gasteiger partial charge in [0.2, 0.25) is 5.95 Å². The molecule has 0 bridgehead atoms. The Morgan fingerprint density at radius 2 is 1.81 bits per heavy atom. The number of hydrogen-bond donors (Lipinski definition) is 0. The third-order valence-corrected chi connectivity index (χ3v) is 6.93. The molecule has 9 nitrogen and oxygen atoms in total. The molecule has 1 aromatic carbocycles. The molecule has 10 heteroatoms. The number of anilines is 1. The number of sulfone groups is 1. The van der Waals surface area contributed by atoms with E-state index in [-0.39, 0.29) is 29.2 Å². The Morgan fingerprint density at radius 1 is 1.16 bits per heavy atom. The van der Waals surface area contributed by atoms with Crippen LogP contribution in [-0.2, 0) is 21.2 Å². The summed E-state index contributed by atoms with van der Waals surface area (Å²) in [7, 11) is -3.21. The molecule has 1 amide bonds. The molecule has 0 spiro atoms. The van der Waals surface area contributed by atoms with E-state index in [0.717, 1.165) is 18.4 Å². The summed E-state index contributed by atoms with van der Waals surface area (Å²) in [5, 5.41) is 0. The number of piperazine rings is 1. The van der Waals surface area contributed by atoms with Crippen LogP contribution in [0.2, 0.25) is 0 Å². The predicted octanol–water partition coefficient (Wildman–Crippen LogP) is 2.66. The lowest BCUT2D eigenvalue weighted by molar-refractivity contribution is 0.0539. The molecule has 4 rings (SSSR count). The van der Waals surface area contributed by atoms with E-state index in [1.54, 1.807) is 41.6 Å². The number of rotatable bonds is 6. The van der Waals surface area contributed by atoms with Gasteiger partial charge in [-0.1, -0.05) is 12.1 Å². The third kappa shape index (κ3) is 5.29. The van der Waals surface area contributed by atoms with Crippen LogP contribution in [0.15, 0.2) is 41.6 Å². The number of ether oxygens (including phenoxy) is 2. The van der Waals surface area contributed by atoms with Crippen molar-refractivity contribution in [2.45, 2.75) is 49.8 Å². The highest BCUT2D eigenvalue weighted by Gasteiger charge is 2.43. The molecule has 1 saturated heterocycles. The molecule has 1 saturated carbocycles. The number of carbonyl (C=O) groups excluding carboxylic acids is 1. The van der Waals surface area contributed by atoms with Crippen LogP contribution in [0.5, 0.6) is 5.75 Å². The summed E-state index contributed by atoms with van der Waals surface area (Å²) in [6, 6.07) is 6.64. The molecule has 2 aromatic rings. The van der Waals surface area contributed by atoms with E-state index in [9.17, 15) is 13.2 Å². The van der Waals surface area contributed by atoms with Crippen molar-refractivity contribution in [2.75, 3.05) is 30.8 Å². The van der Waals surface area contributed by atoms with E-state index >= 15 is 0 Å². The third-order valence-electron chi connectivity index (χ3n) is 5.80. The number of amides is 1. The van der Waals surface area contributed by atoms with Gasteiger partial charge in [-0.2, -0.15) is 0 Å². The van der Waals surface area contributed by atoms with Crippen molar-refractivity contribution < 1.29 is 22.7 Å². The average molecular weight is 461 g/mol. The quantitative estimate of drug-likeness (QED) is 0.648. The van der Waals surface area contributed by atoms with Crippen molar-refractivity contribution in [3.63, 3.8) is 0 Å². The van der Waals surface area contributed by atoms with Crippen molar-refractivity contribution in [3.05, 3.63) is 42.2 Å². The Morgan fingerprint density at radius 3 is 2.38 bits per heavy atom. The fraction of sp³-hybridized carbons (Fsp3) is 0.500. The molecule has 1 aliphatic heterocycles. The largest absolute Gasteiger partial charge is 0.486 e. The zero-order valence-corrected chi connectivity index (χ0v) is 19.3. The summed E-state index contributed by atoms with van der Waals surface area (Å²) in [6.45, 7) is 6.02. The van der Waals surface area contributed by atoms with E-state index < -0.39 is 9.84 Å². The van der Waals surface area contributed by atoms with Crippen LogP contribution in [0.1, 0.15) is 32.3 Å². The molecule has 1 aliphatic carbocycles. The summed E-state index contributed by atoms with van der Waals surface area (Å²) in [5.41, 5.74) is 0.574. The highest BCUT2D eigenvalue weighted by molar-refractivity contribution is 7.90. The average Bonchev–Trinajstić information content (AvgIpc) is 3.48. The van der Waals surface area contributed by atoms with Crippen LogP contribution in [0.25, 0.3) is 0 Å². The lowest BCUT2D eigenvalue weighted by Crippen LogP contribution is -2.54. The van der Waals surface area contributed by atoms with Gasteiger partial charge in [0.25, 0.3) is 0 Å². The number of aromatic nitrogens is 2. The van der Waals surface area contributed by atoms with Crippen LogP contribution in [0.3, 0.4) is 0 Å². The minimum Gasteiger partial charge on any atom is -0.486 e. The molecule has 0 N–H and O–H groups in total. The minimum atomic E-state index is -3.21. The molecule has 32 heavy (non-hydrogen) atoms. The molecule has 2 heterocycles.